The van der Waals surface area contributed by atoms with Crippen molar-refractivity contribution in [2.75, 3.05) is 11.9 Å². The first-order valence-electron chi connectivity index (χ1n) is 8.45. The van der Waals surface area contributed by atoms with Gasteiger partial charge in [-0.1, -0.05) is 24.3 Å². The van der Waals surface area contributed by atoms with E-state index in [9.17, 15) is 4.79 Å². The highest BCUT2D eigenvalue weighted by atomic mass is 79.9. The summed E-state index contributed by atoms with van der Waals surface area (Å²) in [6.07, 6.45) is 6.31. The Balaban J connectivity index is 1.46. The fourth-order valence-corrected chi connectivity index (χ4v) is 3.81. The summed E-state index contributed by atoms with van der Waals surface area (Å²) in [4.78, 5) is 19.1. The molecule has 0 radical (unpaired) electrons. The van der Waals surface area contributed by atoms with Gasteiger partial charge in [0, 0.05) is 22.8 Å². The van der Waals surface area contributed by atoms with Crippen LogP contribution in [0.25, 0.3) is 0 Å². The molecule has 5 heteroatoms. The highest BCUT2D eigenvalue weighted by Crippen LogP contribution is 2.41. The molecule has 0 aliphatic heterocycles. The van der Waals surface area contributed by atoms with Crippen LogP contribution in [0.5, 0.6) is 0 Å². The average molecular weight is 386 g/mol. The predicted octanol–water partition coefficient (Wildman–Crippen LogP) is 3.93. The van der Waals surface area contributed by atoms with Crippen molar-refractivity contribution in [3.05, 3.63) is 58.2 Å². The first-order valence-corrected chi connectivity index (χ1v) is 9.25. The normalized spacial score (nSPS) is 19.3. The van der Waals surface area contributed by atoms with Gasteiger partial charge >= 0.3 is 0 Å². The van der Waals surface area contributed by atoms with Crippen molar-refractivity contribution in [3.63, 3.8) is 0 Å². The minimum Gasteiger partial charge on any atom is -0.310 e. The Labute approximate surface area is 150 Å². The molecule has 0 saturated heterocycles. The third-order valence-corrected chi connectivity index (χ3v) is 5.31. The summed E-state index contributed by atoms with van der Waals surface area (Å²) in [5, 5.41) is 2.92. The molecule has 1 unspecified atom stereocenters. The number of hydrogen-bond donors (Lipinski definition) is 1. The van der Waals surface area contributed by atoms with E-state index in [1.165, 1.54) is 24.0 Å². The molecule has 1 atom stereocenters. The Morgan fingerprint density at radius 3 is 2.79 bits per heavy atom. The molecule has 1 saturated carbocycles. The van der Waals surface area contributed by atoms with Gasteiger partial charge in [0.15, 0.2) is 0 Å². The molecule has 1 aromatic heterocycles. The van der Waals surface area contributed by atoms with Crippen LogP contribution in [0.3, 0.4) is 0 Å². The quantitative estimate of drug-likeness (QED) is 0.847. The lowest BCUT2D eigenvalue weighted by atomic mass is 10.1. The first-order chi connectivity index (χ1) is 11.7. The van der Waals surface area contributed by atoms with E-state index < -0.39 is 0 Å². The van der Waals surface area contributed by atoms with Crippen molar-refractivity contribution >= 4 is 27.7 Å². The maximum Gasteiger partial charge on any atom is 0.239 e. The van der Waals surface area contributed by atoms with Gasteiger partial charge in [0.25, 0.3) is 0 Å². The van der Waals surface area contributed by atoms with Crippen molar-refractivity contribution < 1.29 is 4.79 Å². The summed E-state index contributed by atoms with van der Waals surface area (Å²) in [7, 11) is 0. The van der Waals surface area contributed by atoms with E-state index in [4.69, 9.17) is 0 Å². The molecule has 1 aromatic carbocycles. The van der Waals surface area contributed by atoms with Crippen molar-refractivity contribution in [1.29, 1.82) is 0 Å². The van der Waals surface area contributed by atoms with E-state index in [1.54, 1.807) is 6.20 Å². The lowest BCUT2D eigenvalue weighted by molar-refractivity contribution is -0.118. The van der Waals surface area contributed by atoms with E-state index >= 15 is 0 Å². The summed E-state index contributed by atoms with van der Waals surface area (Å²) in [6, 6.07) is 13.3. The molecule has 1 amide bonds. The molecule has 4 rings (SSSR count). The second-order valence-corrected chi connectivity index (χ2v) is 7.48. The number of aromatic nitrogens is 1. The number of carbonyl (C=O) groups excluding carboxylic acids is 1. The minimum atomic E-state index is 0.0149. The maximum atomic E-state index is 12.5. The fourth-order valence-electron chi connectivity index (χ4n) is 3.58. The summed E-state index contributed by atoms with van der Waals surface area (Å²) < 4.78 is 0.905. The maximum absolute atomic E-state index is 12.5. The highest BCUT2D eigenvalue weighted by molar-refractivity contribution is 9.10. The van der Waals surface area contributed by atoms with Crippen LogP contribution in [-0.2, 0) is 11.2 Å². The van der Waals surface area contributed by atoms with Gasteiger partial charge in [-0.25, -0.2) is 4.98 Å². The summed E-state index contributed by atoms with van der Waals surface area (Å²) >= 11 is 3.36. The SMILES string of the molecule is O=C(CN(C1CC1)C1CCc2ccccc21)Nc1ccc(Br)cn1. The number of carbonyl (C=O) groups is 1. The molecule has 24 heavy (non-hydrogen) atoms. The first kappa shape index (κ1) is 15.8. The van der Waals surface area contributed by atoms with E-state index in [-0.39, 0.29) is 5.91 Å². The average Bonchev–Trinajstić information content (AvgIpc) is 3.34. The van der Waals surface area contributed by atoms with E-state index in [0.29, 0.717) is 24.4 Å². The van der Waals surface area contributed by atoms with Gasteiger partial charge in [-0.2, -0.15) is 0 Å². The minimum absolute atomic E-state index is 0.0149. The number of amides is 1. The molecule has 2 aliphatic carbocycles. The third kappa shape index (κ3) is 3.37. The van der Waals surface area contributed by atoms with Gasteiger partial charge in [-0.3, -0.25) is 9.69 Å². The molecular weight excluding hydrogens is 366 g/mol. The van der Waals surface area contributed by atoms with Gasteiger partial charge in [-0.15, -0.1) is 0 Å². The van der Waals surface area contributed by atoms with Crippen LogP contribution in [0, 0.1) is 0 Å². The number of fused-ring (bicyclic) bond motifs is 1. The van der Waals surface area contributed by atoms with Crippen LogP contribution in [0.4, 0.5) is 5.82 Å². The monoisotopic (exact) mass is 385 g/mol. The van der Waals surface area contributed by atoms with Gasteiger partial charge in [0.05, 0.1) is 6.54 Å². The third-order valence-electron chi connectivity index (χ3n) is 4.84. The second kappa shape index (κ2) is 6.65. The summed E-state index contributed by atoms with van der Waals surface area (Å²) in [5.41, 5.74) is 2.84. The van der Waals surface area contributed by atoms with Gasteiger partial charge in [-0.05, 0) is 64.9 Å². The van der Waals surface area contributed by atoms with Crippen molar-refractivity contribution in [2.24, 2.45) is 0 Å². The molecular formula is C19H20BrN3O. The van der Waals surface area contributed by atoms with Crippen LogP contribution >= 0.6 is 15.9 Å². The van der Waals surface area contributed by atoms with Crippen LogP contribution in [0.1, 0.15) is 36.4 Å². The Morgan fingerprint density at radius 2 is 2.04 bits per heavy atom. The number of rotatable bonds is 5. The van der Waals surface area contributed by atoms with Crippen LogP contribution in [-0.4, -0.2) is 28.4 Å². The smallest absolute Gasteiger partial charge is 0.239 e. The Hall–Kier alpha value is -1.72. The largest absolute Gasteiger partial charge is 0.310 e. The highest BCUT2D eigenvalue weighted by Gasteiger charge is 2.38. The zero-order chi connectivity index (χ0) is 16.5. The van der Waals surface area contributed by atoms with Crippen LogP contribution in [0.2, 0.25) is 0 Å². The molecule has 1 N–H and O–H groups in total. The topological polar surface area (TPSA) is 45.2 Å². The van der Waals surface area contributed by atoms with Gasteiger partial charge < -0.3 is 5.32 Å². The zero-order valence-electron chi connectivity index (χ0n) is 13.4. The lowest BCUT2D eigenvalue weighted by Gasteiger charge is -2.29. The Bertz CT molecular complexity index is 743. The molecule has 2 aromatic rings. The molecule has 1 heterocycles. The Morgan fingerprint density at radius 1 is 1.21 bits per heavy atom. The molecule has 0 spiro atoms. The standard InChI is InChI=1S/C19H20BrN3O/c20-14-6-10-18(21-11-14)22-19(24)12-23(15-7-8-15)17-9-5-13-3-1-2-4-16(13)17/h1-4,6,10-11,15,17H,5,7-9,12H2,(H,21,22,24). The number of pyridine rings is 1. The van der Waals surface area contributed by atoms with E-state index in [1.807, 2.05) is 12.1 Å². The summed E-state index contributed by atoms with van der Waals surface area (Å²) in [5.74, 6) is 0.617. The number of nitrogens with zero attached hydrogens (tertiary/aromatic N) is 2. The zero-order valence-corrected chi connectivity index (χ0v) is 15.0. The molecule has 1 fully saturated rings. The molecule has 2 aliphatic rings. The van der Waals surface area contributed by atoms with E-state index in [0.717, 1.165) is 17.3 Å². The molecule has 124 valence electrons. The summed E-state index contributed by atoms with van der Waals surface area (Å²) in [6.45, 7) is 0.432. The molecule has 4 nitrogen and oxygen atoms in total. The number of anilines is 1. The second-order valence-electron chi connectivity index (χ2n) is 6.57. The number of aryl methyl sites for hydroxylation is 1. The van der Waals surface area contributed by atoms with Crippen molar-refractivity contribution in [2.45, 2.75) is 37.8 Å². The van der Waals surface area contributed by atoms with Gasteiger partial charge in [0.2, 0.25) is 5.91 Å². The fraction of sp³-hybridized carbons (Fsp3) is 0.368. The number of hydrogen-bond acceptors (Lipinski definition) is 3. The van der Waals surface area contributed by atoms with Crippen molar-refractivity contribution in [1.82, 2.24) is 9.88 Å². The van der Waals surface area contributed by atoms with E-state index in [2.05, 4.69) is 55.4 Å². The predicted molar refractivity (Wildman–Crippen MR) is 97.8 cm³/mol. The van der Waals surface area contributed by atoms with Gasteiger partial charge in [0.1, 0.15) is 5.82 Å². The number of halogens is 1. The lowest BCUT2D eigenvalue weighted by Crippen LogP contribution is -2.37. The molecule has 0 bridgehead atoms. The number of benzene rings is 1. The number of nitrogens with one attached hydrogen (secondary N) is 1. The van der Waals surface area contributed by atoms with Crippen LogP contribution in [0.15, 0.2) is 47.1 Å². The Kier molecular flexibility index (Phi) is 4.37. The van der Waals surface area contributed by atoms with Crippen molar-refractivity contribution in [3.8, 4) is 0 Å². The van der Waals surface area contributed by atoms with Crippen LogP contribution < -0.4 is 5.32 Å².